The molecule has 0 amide bonds. The van der Waals surface area contributed by atoms with Gasteiger partial charge in [-0.3, -0.25) is 4.79 Å². The smallest absolute Gasteiger partial charge is 0.349 e. The average Bonchev–Trinajstić information content (AvgIpc) is 2.99. The maximum atomic E-state index is 12.3. The average molecular weight is 393 g/mol. The fourth-order valence-electron chi connectivity index (χ4n) is 2.71. The van der Waals surface area contributed by atoms with Crippen molar-refractivity contribution < 1.29 is 14.3 Å². The maximum absolute atomic E-state index is 12.3. The minimum atomic E-state index is -0.789. The summed E-state index contributed by atoms with van der Waals surface area (Å²) >= 11 is 4.84. The Balaban J connectivity index is 1.68. The lowest BCUT2D eigenvalue weighted by Crippen LogP contribution is -2.24. The normalized spacial score (nSPS) is 14.9. The van der Waals surface area contributed by atoms with E-state index in [2.05, 4.69) is 15.9 Å². The number of carbonyl (C=O) groups excluding carboxylic acids is 2. The van der Waals surface area contributed by atoms with Gasteiger partial charge in [-0.25, -0.2) is 4.79 Å². The first kappa shape index (κ1) is 16.4. The zero-order valence-corrected chi connectivity index (χ0v) is 15.2. The molecular formula is C18H17BrO3S. The standard InChI is InChI=1S/C18H17BrO3S/c1-11(17(20)12-6-8-14(19)9-7-12)22-18(21)16-10-13-4-2-3-5-15(13)23-16/h6-11H,2-5H2,1H3/t11-/m0/s1. The van der Waals surface area contributed by atoms with Gasteiger partial charge in [0, 0.05) is 14.9 Å². The summed E-state index contributed by atoms with van der Waals surface area (Å²) in [5, 5.41) is 0. The third-order valence-corrected chi connectivity index (χ3v) is 5.73. The highest BCUT2D eigenvalue weighted by Crippen LogP contribution is 2.30. The van der Waals surface area contributed by atoms with E-state index >= 15 is 0 Å². The highest BCUT2D eigenvalue weighted by Gasteiger charge is 2.23. The summed E-state index contributed by atoms with van der Waals surface area (Å²) in [7, 11) is 0. The Morgan fingerprint density at radius 2 is 1.87 bits per heavy atom. The van der Waals surface area contributed by atoms with Crippen LogP contribution in [0.4, 0.5) is 0 Å². The summed E-state index contributed by atoms with van der Waals surface area (Å²) in [4.78, 5) is 26.5. The molecule has 3 rings (SSSR count). The van der Waals surface area contributed by atoms with Crippen LogP contribution in [0.15, 0.2) is 34.8 Å². The third-order valence-electron chi connectivity index (χ3n) is 3.98. The van der Waals surface area contributed by atoms with Gasteiger partial charge in [-0.15, -0.1) is 11.3 Å². The van der Waals surface area contributed by atoms with Crippen LogP contribution in [0.3, 0.4) is 0 Å². The van der Waals surface area contributed by atoms with Crippen LogP contribution in [-0.2, 0) is 17.6 Å². The first-order chi connectivity index (χ1) is 11.0. The van der Waals surface area contributed by atoms with Crippen molar-refractivity contribution in [1.82, 2.24) is 0 Å². The molecule has 5 heteroatoms. The van der Waals surface area contributed by atoms with E-state index in [1.807, 2.05) is 6.07 Å². The topological polar surface area (TPSA) is 43.4 Å². The first-order valence-electron chi connectivity index (χ1n) is 7.67. The molecule has 0 saturated heterocycles. The molecule has 0 aliphatic heterocycles. The van der Waals surface area contributed by atoms with Crippen LogP contribution in [0.5, 0.6) is 0 Å². The van der Waals surface area contributed by atoms with Gasteiger partial charge < -0.3 is 4.74 Å². The second-order valence-electron chi connectivity index (χ2n) is 5.68. The lowest BCUT2D eigenvalue weighted by molar-refractivity contribution is 0.0323. The molecule has 0 saturated carbocycles. The van der Waals surface area contributed by atoms with E-state index in [1.54, 1.807) is 31.2 Å². The van der Waals surface area contributed by atoms with Crippen molar-refractivity contribution in [2.45, 2.75) is 38.7 Å². The fourth-order valence-corrected chi connectivity index (χ4v) is 4.11. The molecule has 1 aromatic carbocycles. The summed E-state index contributed by atoms with van der Waals surface area (Å²) in [6, 6.07) is 8.98. The molecular weight excluding hydrogens is 376 g/mol. The maximum Gasteiger partial charge on any atom is 0.349 e. The number of thiophene rings is 1. The van der Waals surface area contributed by atoms with Crippen molar-refractivity contribution in [2.75, 3.05) is 0 Å². The zero-order chi connectivity index (χ0) is 16.4. The zero-order valence-electron chi connectivity index (χ0n) is 12.8. The molecule has 0 spiro atoms. The van der Waals surface area contributed by atoms with Gasteiger partial charge in [0.05, 0.1) is 0 Å². The molecule has 120 valence electrons. The fraction of sp³-hybridized carbons (Fsp3) is 0.333. The monoisotopic (exact) mass is 392 g/mol. The van der Waals surface area contributed by atoms with E-state index in [4.69, 9.17) is 4.74 Å². The van der Waals surface area contributed by atoms with Crippen molar-refractivity contribution in [3.8, 4) is 0 Å². The van der Waals surface area contributed by atoms with Gasteiger partial charge in [0.25, 0.3) is 0 Å². The van der Waals surface area contributed by atoms with E-state index in [9.17, 15) is 9.59 Å². The molecule has 2 aromatic rings. The number of hydrogen-bond donors (Lipinski definition) is 0. The van der Waals surface area contributed by atoms with Crippen LogP contribution < -0.4 is 0 Å². The van der Waals surface area contributed by atoms with Gasteiger partial charge in [0.2, 0.25) is 5.78 Å². The summed E-state index contributed by atoms with van der Waals surface area (Å²) < 4.78 is 6.28. The Hall–Kier alpha value is -1.46. The van der Waals surface area contributed by atoms with Gasteiger partial charge >= 0.3 is 5.97 Å². The van der Waals surface area contributed by atoms with E-state index in [-0.39, 0.29) is 5.78 Å². The molecule has 0 N–H and O–H groups in total. The highest BCUT2D eigenvalue weighted by molar-refractivity contribution is 9.10. The summed E-state index contributed by atoms with van der Waals surface area (Å²) in [6.45, 7) is 1.62. The number of carbonyl (C=O) groups is 2. The third kappa shape index (κ3) is 3.72. The quantitative estimate of drug-likeness (QED) is 0.553. The predicted molar refractivity (Wildman–Crippen MR) is 94.3 cm³/mol. The van der Waals surface area contributed by atoms with E-state index in [0.29, 0.717) is 10.4 Å². The summed E-state index contributed by atoms with van der Waals surface area (Å²) in [5.41, 5.74) is 1.80. The van der Waals surface area contributed by atoms with E-state index in [1.165, 1.54) is 34.6 Å². The number of rotatable bonds is 4. The number of esters is 1. The molecule has 1 atom stereocenters. The number of ketones is 1. The van der Waals surface area contributed by atoms with Crippen LogP contribution in [0, 0.1) is 0 Å². The number of halogens is 1. The van der Waals surface area contributed by atoms with Crippen molar-refractivity contribution in [1.29, 1.82) is 0 Å². The summed E-state index contributed by atoms with van der Waals surface area (Å²) in [6.07, 6.45) is 3.65. The molecule has 23 heavy (non-hydrogen) atoms. The molecule has 1 heterocycles. The molecule has 0 radical (unpaired) electrons. The molecule has 0 fully saturated rings. The second-order valence-corrected chi connectivity index (χ2v) is 7.74. The predicted octanol–water partition coefficient (Wildman–Crippen LogP) is 4.82. The summed E-state index contributed by atoms with van der Waals surface area (Å²) in [5.74, 6) is -0.588. The Labute approximate surface area is 147 Å². The highest BCUT2D eigenvalue weighted by atomic mass is 79.9. The molecule has 1 aliphatic carbocycles. The van der Waals surface area contributed by atoms with Gasteiger partial charge in [-0.05, 0) is 56.4 Å². The second kappa shape index (κ2) is 6.97. The van der Waals surface area contributed by atoms with E-state index in [0.717, 1.165) is 17.3 Å². The largest absolute Gasteiger partial charge is 0.450 e. The number of aryl methyl sites for hydroxylation is 2. The van der Waals surface area contributed by atoms with Crippen LogP contribution in [0.2, 0.25) is 0 Å². The Morgan fingerprint density at radius 1 is 1.17 bits per heavy atom. The Kier molecular flexibility index (Phi) is 4.97. The van der Waals surface area contributed by atoms with Crippen LogP contribution in [0.25, 0.3) is 0 Å². The number of Topliss-reactive ketones (excluding diaryl/α,β-unsaturated/α-hetero) is 1. The van der Waals surface area contributed by atoms with Gasteiger partial charge in [0.15, 0.2) is 6.10 Å². The minimum Gasteiger partial charge on any atom is -0.450 e. The SMILES string of the molecule is C[C@H](OC(=O)c1cc2c(s1)CCCC2)C(=O)c1ccc(Br)cc1. The number of fused-ring (bicyclic) bond motifs is 1. The molecule has 1 aromatic heterocycles. The van der Waals surface area contributed by atoms with Gasteiger partial charge in [-0.1, -0.05) is 28.1 Å². The molecule has 1 aliphatic rings. The first-order valence-corrected chi connectivity index (χ1v) is 9.28. The van der Waals surface area contributed by atoms with Crippen LogP contribution in [0.1, 0.15) is 50.2 Å². The molecule has 0 bridgehead atoms. The lowest BCUT2D eigenvalue weighted by Gasteiger charge is -2.11. The molecule has 3 nitrogen and oxygen atoms in total. The number of hydrogen-bond acceptors (Lipinski definition) is 4. The van der Waals surface area contributed by atoms with Crippen LogP contribution >= 0.6 is 27.3 Å². The molecule has 0 unspecified atom stereocenters. The van der Waals surface area contributed by atoms with Crippen molar-refractivity contribution in [3.05, 3.63) is 55.7 Å². The van der Waals surface area contributed by atoms with Gasteiger partial charge in [0.1, 0.15) is 4.88 Å². The number of benzene rings is 1. The minimum absolute atomic E-state index is 0.188. The Morgan fingerprint density at radius 3 is 2.57 bits per heavy atom. The van der Waals surface area contributed by atoms with Crippen molar-refractivity contribution >= 4 is 39.0 Å². The van der Waals surface area contributed by atoms with Crippen molar-refractivity contribution in [2.24, 2.45) is 0 Å². The number of ether oxygens (including phenoxy) is 1. The van der Waals surface area contributed by atoms with Crippen molar-refractivity contribution in [3.63, 3.8) is 0 Å². The van der Waals surface area contributed by atoms with Crippen LogP contribution in [-0.4, -0.2) is 17.9 Å². The lowest BCUT2D eigenvalue weighted by atomic mass is 9.99. The van der Waals surface area contributed by atoms with E-state index < -0.39 is 12.1 Å². The Bertz CT molecular complexity index is 710. The van der Waals surface area contributed by atoms with Gasteiger partial charge in [-0.2, -0.15) is 0 Å².